The monoisotopic (exact) mass is 325 g/mol. The molecule has 1 saturated heterocycles. The summed E-state index contributed by atoms with van der Waals surface area (Å²) in [6.45, 7) is 5.24. The van der Waals surface area contributed by atoms with Crippen LogP contribution < -0.4 is 0 Å². The summed E-state index contributed by atoms with van der Waals surface area (Å²) < 4.78 is 0.844. The van der Waals surface area contributed by atoms with E-state index in [4.69, 9.17) is 0 Å². The SMILES string of the molecule is Cc1ccc(C(=O)N2CCCC(C(C)O)C2)c(Br)c1. The molecule has 1 fully saturated rings. The molecule has 2 atom stereocenters. The summed E-state index contributed by atoms with van der Waals surface area (Å²) >= 11 is 3.46. The van der Waals surface area contributed by atoms with Gasteiger partial charge in [0.05, 0.1) is 11.7 Å². The Morgan fingerprint density at radius 3 is 2.89 bits per heavy atom. The maximum Gasteiger partial charge on any atom is 0.255 e. The summed E-state index contributed by atoms with van der Waals surface area (Å²) in [6.07, 6.45) is 1.61. The molecule has 19 heavy (non-hydrogen) atoms. The van der Waals surface area contributed by atoms with Crippen molar-refractivity contribution in [2.24, 2.45) is 5.92 Å². The van der Waals surface area contributed by atoms with Crippen LogP contribution in [0.25, 0.3) is 0 Å². The fourth-order valence-electron chi connectivity index (χ4n) is 2.55. The Morgan fingerprint density at radius 2 is 2.26 bits per heavy atom. The van der Waals surface area contributed by atoms with E-state index in [1.807, 2.05) is 30.0 Å². The van der Waals surface area contributed by atoms with Gasteiger partial charge in [0.1, 0.15) is 0 Å². The van der Waals surface area contributed by atoms with Crippen LogP contribution in [0.4, 0.5) is 0 Å². The number of rotatable bonds is 2. The van der Waals surface area contributed by atoms with Gasteiger partial charge in [0.25, 0.3) is 5.91 Å². The fourth-order valence-corrected chi connectivity index (χ4v) is 3.21. The van der Waals surface area contributed by atoms with Crippen molar-refractivity contribution in [3.8, 4) is 0 Å². The van der Waals surface area contributed by atoms with Crippen LogP contribution in [0.3, 0.4) is 0 Å². The Balaban J connectivity index is 2.15. The summed E-state index contributed by atoms with van der Waals surface area (Å²) in [6, 6.07) is 5.78. The molecule has 1 aliphatic rings. The number of likely N-dealkylation sites (tertiary alicyclic amines) is 1. The highest BCUT2D eigenvalue weighted by Crippen LogP contribution is 2.24. The standard InChI is InChI=1S/C15H20BrNO2/c1-10-5-6-13(14(16)8-10)15(19)17-7-3-4-12(9-17)11(2)18/h5-6,8,11-12,18H,3-4,7,9H2,1-2H3. The predicted molar refractivity (Wildman–Crippen MR) is 79.2 cm³/mol. The fraction of sp³-hybridized carbons (Fsp3) is 0.533. The van der Waals surface area contributed by atoms with E-state index in [2.05, 4.69) is 15.9 Å². The predicted octanol–water partition coefficient (Wildman–Crippen LogP) is 2.99. The van der Waals surface area contributed by atoms with Crippen molar-refractivity contribution in [3.05, 3.63) is 33.8 Å². The van der Waals surface area contributed by atoms with Crippen LogP contribution in [0.2, 0.25) is 0 Å². The first-order chi connectivity index (χ1) is 8.99. The minimum Gasteiger partial charge on any atom is -0.393 e. The Labute approximate surface area is 122 Å². The van der Waals surface area contributed by atoms with Crippen LogP contribution in [-0.2, 0) is 0 Å². The molecular formula is C15H20BrNO2. The van der Waals surface area contributed by atoms with Gasteiger partial charge in [-0.2, -0.15) is 0 Å². The van der Waals surface area contributed by atoms with Crippen molar-refractivity contribution < 1.29 is 9.90 Å². The molecule has 4 heteroatoms. The van der Waals surface area contributed by atoms with Gasteiger partial charge in [0.2, 0.25) is 0 Å². The molecule has 0 aromatic heterocycles. The zero-order valence-corrected chi connectivity index (χ0v) is 13.0. The molecule has 1 heterocycles. The van der Waals surface area contributed by atoms with Crippen molar-refractivity contribution in [2.45, 2.75) is 32.8 Å². The van der Waals surface area contributed by atoms with E-state index >= 15 is 0 Å². The average Bonchev–Trinajstić information content (AvgIpc) is 2.38. The first-order valence-electron chi connectivity index (χ1n) is 6.72. The van der Waals surface area contributed by atoms with E-state index in [1.165, 1.54) is 0 Å². The second kappa shape index (κ2) is 6.06. The Kier molecular flexibility index (Phi) is 4.63. The number of piperidine rings is 1. The van der Waals surface area contributed by atoms with Gasteiger partial charge in [-0.3, -0.25) is 4.79 Å². The highest BCUT2D eigenvalue weighted by Gasteiger charge is 2.27. The molecule has 0 spiro atoms. The van der Waals surface area contributed by atoms with Gasteiger partial charge >= 0.3 is 0 Å². The molecule has 1 aromatic rings. The van der Waals surface area contributed by atoms with E-state index in [0.717, 1.165) is 29.4 Å². The Hall–Kier alpha value is -0.870. The number of halogens is 1. The van der Waals surface area contributed by atoms with Crippen molar-refractivity contribution in [3.63, 3.8) is 0 Å². The van der Waals surface area contributed by atoms with Crippen molar-refractivity contribution in [1.82, 2.24) is 4.90 Å². The Bertz CT molecular complexity index is 473. The first-order valence-corrected chi connectivity index (χ1v) is 7.52. The van der Waals surface area contributed by atoms with Crippen molar-refractivity contribution in [2.75, 3.05) is 13.1 Å². The lowest BCUT2D eigenvalue weighted by Gasteiger charge is -2.34. The van der Waals surface area contributed by atoms with Gasteiger partial charge < -0.3 is 10.0 Å². The zero-order valence-electron chi connectivity index (χ0n) is 11.4. The third-order valence-electron chi connectivity index (χ3n) is 3.78. The third-order valence-corrected chi connectivity index (χ3v) is 4.44. The van der Waals surface area contributed by atoms with Crippen LogP contribution >= 0.6 is 15.9 Å². The molecule has 0 aliphatic carbocycles. The van der Waals surface area contributed by atoms with Crippen LogP contribution in [0, 0.1) is 12.8 Å². The second-order valence-corrected chi connectivity index (χ2v) is 6.23. The minimum absolute atomic E-state index is 0.0530. The van der Waals surface area contributed by atoms with Gasteiger partial charge in [-0.1, -0.05) is 6.07 Å². The Morgan fingerprint density at radius 1 is 1.53 bits per heavy atom. The molecule has 1 aromatic carbocycles. The second-order valence-electron chi connectivity index (χ2n) is 5.38. The highest BCUT2D eigenvalue weighted by atomic mass is 79.9. The molecule has 2 rings (SSSR count). The molecule has 0 saturated carbocycles. The number of hydrogen-bond acceptors (Lipinski definition) is 2. The van der Waals surface area contributed by atoms with Crippen LogP contribution in [-0.4, -0.2) is 35.1 Å². The summed E-state index contributed by atoms with van der Waals surface area (Å²) in [5, 5.41) is 9.69. The van der Waals surface area contributed by atoms with Crippen LogP contribution in [0.5, 0.6) is 0 Å². The average molecular weight is 326 g/mol. The minimum atomic E-state index is -0.350. The van der Waals surface area contributed by atoms with E-state index in [0.29, 0.717) is 12.1 Å². The van der Waals surface area contributed by atoms with Gasteiger partial charge in [0.15, 0.2) is 0 Å². The molecule has 1 aliphatic heterocycles. The lowest BCUT2D eigenvalue weighted by Crippen LogP contribution is -2.43. The number of aliphatic hydroxyl groups excluding tert-OH is 1. The van der Waals surface area contributed by atoms with E-state index < -0.39 is 0 Å². The van der Waals surface area contributed by atoms with Crippen LogP contribution in [0.15, 0.2) is 22.7 Å². The topological polar surface area (TPSA) is 40.5 Å². The summed E-state index contributed by atoms with van der Waals surface area (Å²) in [7, 11) is 0. The largest absolute Gasteiger partial charge is 0.393 e. The van der Waals surface area contributed by atoms with Gasteiger partial charge in [0, 0.05) is 23.5 Å². The van der Waals surface area contributed by atoms with E-state index in [1.54, 1.807) is 6.92 Å². The van der Waals surface area contributed by atoms with Gasteiger partial charge in [-0.25, -0.2) is 0 Å². The lowest BCUT2D eigenvalue weighted by molar-refractivity contribution is 0.0465. The number of amides is 1. The van der Waals surface area contributed by atoms with Gasteiger partial charge in [-0.05, 0) is 60.3 Å². The maximum atomic E-state index is 12.5. The number of aliphatic hydroxyl groups is 1. The molecule has 3 nitrogen and oxygen atoms in total. The lowest BCUT2D eigenvalue weighted by atomic mass is 9.93. The van der Waals surface area contributed by atoms with Crippen molar-refractivity contribution >= 4 is 21.8 Å². The van der Waals surface area contributed by atoms with E-state index in [-0.39, 0.29) is 17.9 Å². The number of carbonyl (C=O) groups excluding carboxylic acids is 1. The summed E-state index contributed by atoms with van der Waals surface area (Å²) in [4.78, 5) is 14.4. The number of nitrogens with zero attached hydrogens (tertiary/aromatic N) is 1. The molecule has 0 radical (unpaired) electrons. The molecular weight excluding hydrogens is 306 g/mol. The van der Waals surface area contributed by atoms with Crippen LogP contribution in [0.1, 0.15) is 35.7 Å². The molecule has 1 amide bonds. The smallest absolute Gasteiger partial charge is 0.255 e. The summed E-state index contributed by atoms with van der Waals surface area (Å²) in [5.41, 5.74) is 1.83. The number of carbonyl (C=O) groups is 1. The molecule has 2 unspecified atom stereocenters. The number of aryl methyl sites for hydroxylation is 1. The zero-order chi connectivity index (χ0) is 14.0. The normalized spacial score (nSPS) is 21.3. The van der Waals surface area contributed by atoms with E-state index in [9.17, 15) is 9.90 Å². The number of benzene rings is 1. The third kappa shape index (κ3) is 3.37. The van der Waals surface area contributed by atoms with Gasteiger partial charge in [-0.15, -0.1) is 0 Å². The molecule has 104 valence electrons. The quantitative estimate of drug-likeness (QED) is 0.908. The highest BCUT2D eigenvalue weighted by molar-refractivity contribution is 9.10. The van der Waals surface area contributed by atoms with Crippen molar-refractivity contribution in [1.29, 1.82) is 0 Å². The molecule has 0 bridgehead atoms. The molecule has 1 N–H and O–H groups in total. The maximum absolute atomic E-state index is 12.5. The number of hydrogen-bond donors (Lipinski definition) is 1. The summed E-state index contributed by atoms with van der Waals surface area (Å²) in [5.74, 6) is 0.249. The first kappa shape index (κ1) is 14.5.